The largest absolute Gasteiger partial charge is 0.370 e. The summed E-state index contributed by atoms with van der Waals surface area (Å²) in [6, 6.07) is 7.98. The molecule has 1 fully saturated rings. The third-order valence-corrected chi connectivity index (χ3v) is 5.09. The summed E-state index contributed by atoms with van der Waals surface area (Å²) in [6.07, 6.45) is 1.86. The molecule has 0 atom stereocenters. The van der Waals surface area contributed by atoms with Crippen LogP contribution in [0, 0.1) is 13.8 Å². The molecule has 2 aromatic rings. The van der Waals surface area contributed by atoms with Crippen molar-refractivity contribution in [3.05, 3.63) is 46.3 Å². The molecular weight excluding hydrogens is 477 g/mol. The Bertz CT molecular complexity index is 734. The summed E-state index contributed by atoms with van der Waals surface area (Å²) < 4.78 is 5.19. The molecule has 0 bridgehead atoms. The predicted molar refractivity (Wildman–Crippen MR) is 121 cm³/mol. The minimum absolute atomic E-state index is 0. The number of hydrogen-bond acceptors (Lipinski definition) is 4. The molecule has 2 heterocycles. The molecule has 6 nitrogen and oxygen atoms in total. The van der Waals surface area contributed by atoms with Gasteiger partial charge < -0.3 is 20.1 Å². The van der Waals surface area contributed by atoms with Crippen molar-refractivity contribution >= 4 is 47.2 Å². The molecule has 27 heavy (non-hydrogen) atoms. The van der Waals surface area contributed by atoms with Gasteiger partial charge in [0.05, 0.1) is 5.69 Å². The second-order valence-corrected chi connectivity index (χ2v) is 7.03. The number of aromatic nitrogens is 1. The van der Waals surface area contributed by atoms with Crippen LogP contribution in [0.25, 0.3) is 0 Å². The van der Waals surface area contributed by atoms with E-state index in [-0.39, 0.29) is 24.0 Å². The van der Waals surface area contributed by atoms with Gasteiger partial charge in [-0.25, -0.2) is 0 Å². The van der Waals surface area contributed by atoms with E-state index >= 15 is 0 Å². The van der Waals surface area contributed by atoms with Gasteiger partial charge >= 0.3 is 0 Å². The minimum Gasteiger partial charge on any atom is -0.370 e. The normalized spacial score (nSPS) is 15.0. The number of rotatable bonds is 5. The van der Waals surface area contributed by atoms with Gasteiger partial charge in [0.2, 0.25) is 0 Å². The fourth-order valence-corrected chi connectivity index (χ4v) is 3.38. The highest BCUT2D eigenvalue weighted by Gasteiger charge is 2.18. The van der Waals surface area contributed by atoms with Crippen LogP contribution in [-0.2, 0) is 6.42 Å². The van der Waals surface area contributed by atoms with E-state index in [0.717, 1.165) is 55.5 Å². The number of benzene rings is 1. The summed E-state index contributed by atoms with van der Waals surface area (Å²) in [5.41, 5.74) is 9.54. The lowest BCUT2D eigenvalue weighted by Crippen LogP contribution is -2.51. The molecule has 8 heteroatoms. The van der Waals surface area contributed by atoms with Crippen molar-refractivity contribution in [3.8, 4) is 0 Å². The predicted octanol–water partition coefficient (Wildman–Crippen LogP) is 3.63. The number of aliphatic imine (C=N–C) groups is 1. The average Bonchev–Trinajstić information content (AvgIpc) is 2.97. The summed E-state index contributed by atoms with van der Waals surface area (Å²) in [5, 5.41) is 4.75. The molecule has 0 unspecified atom stereocenters. The molecule has 3 rings (SSSR count). The monoisotopic (exact) mass is 503 g/mol. The maximum atomic E-state index is 6.18. The summed E-state index contributed by atoms with van der Waals surface area (Å²) in [7, 11) is 0. The number of halogens is 2. The Labute approximate surface area is 182 Å². The van der Waals surface area contributed by atoms with Gasteiger partial charge in [0.1, 0.15) is 5.76 Å². The lowest BCUT2D eigenvalue weighted by molar-refractivity contribution is 0.380. The maximum absolute atomic E-state index is 6.18. The fraction of sp³-hybridized carbons (Fsp3) is 0.474. The van der Waals surface area contributed by atoms with Crippen molar-refractivity contribution in [3.63, 3.8) is 0 Å². The summed E-state index contributed by atoms with van der Waals surface area (Å²) in [6.45, 7) is 8.25. The van der Waals surface area contributed by atoms with E-state index in [0.29, 0.717) is 12.5 Å². The lowest BCUT2D eigenvalue weighted by Gasteiger charge is -2.36. The van der Waals surface area contributed by atoms with Gasteiger partial charge in [-0.15, -0.1) is 24.0 Å². The number of nitrogens with zero attached hydrogens (tertiary/aromatic N) is 4. The molecule has 0 amide bonds. The Morgan fingerprint density at radius 3 is 2.44 bits per heavy atom. The number of piperazine rings is 1. The summed E-state index contributed by atoms with van der Waals surface area (Å²) in [5.74, 6) is 1.54. The van der Waals surface area contributed by atoms with Crippen LogP contribution in [0.15, 0.2) is 33.8 Å². The second-order valence-electron chi connectivity index (χ2n) is 6.60. The van der Waals surface area contributed by atoms with Gasteiger partial charge in [0.25, 0.3) is 0 Å². The number of aryl methyl sites for hydroxylation is 2. The quantitative estimate of drug-likeness (QED) is 0.292. The molecule has 1 saturated heterocycles. The first-order valence-corrected chi connectivity index (χ1v) is 9.39. The molecule has 2 N–H and O–H groups in total. The highest BCUT2D eigenvalue weighted by molar-refractivity contribution is 14.0. The van der Waals surface area contributed by atoms with Crippen molar-refractivity contribution in [1.82, 2.24) is 10.1 Å². The average molecular weight is 504 g/mol. The maximum Gasteiger partial charge on any atom is 0.191 e. The van der Waals surface area contributed by atoms with Gasteiger partial charge in [0, 0.05) is 49.0 Å². The summed E-state index contributed by atoms with van der Waals surface area (Å²) >= 11 is 5.96. The van der Waals surface area contributed by atoms with Crippen LogP contribution in [-0.4, -0.2) is 48.7 Å². The molecular formula is C19H27ClIN5O. The van der Waals surface area contributed by atoms with E-state index < -0.39 is 0 Å². The number of anilines is 1. The van der Waals surface area contributed by atoms with Gasteiger partial charge in [0.15, 0.2) is 5.96 Å². The van der Waals surface area contributed by atoms with Gasteiger partial charge in [-0.1, -0.05) is 16.8 Å². The highest BCUT2D eigenvalue weighted by Crippen LogP contribution is 2.19. The second kappa shape index (κ2) is 10.2. The van der Waals surface area contributed by atoms with Crippen LogP contribution in [0.3, 0.4) is 0 Å². The first-order valence-electron chi connectivity index (χ1n) is 9.01. The van der Waals surface area contributed by atoms with Gasteiger partial charge in [-0.3, -0.25) is 4.99 Å². The summed E-state index contributed by atoms with van der Waals surface area (Å²) in [4.78, 5) is 9.05. The Balaban J connectivity index is 0.00000261. The number of hydrogen-bond donors (Lipinski definition) is 1. The highest BCUT2D eigenvalue weighted by atomic mass is 127. The zero-order valence-corrected chi connectivity index (χ0v) is 18.9. The zero-order chi connectivity index (χ0) is 18.5. The van der Waals surface area contributed by atoms with E-state index in [1.807, 2.05) is 26.0 Å². The lowest BCUT2D eigenvalue weighted by atomic mass is 10.1. The third kappa shape index (κ3) is 5.75. The number of guanidine groups is 1. The SMILES string of the molecule is Cc1noc(C)c1CCCN=C(N)N1CCN(c2ccc(Cl)cc2)CC1.I. The van der Waals surface area contributed by atoms with Crippen molar-refractivity contribution in [2.24, 2.45) is 10.7 Å². The Morgan fingerprint density at radius 1 is 1.19 bits per heavy atom. The topological polar surface area (TPSA) is 70.9 Å². The molecule has 1 aromatic heterocycles. The van der Waals surface area contributed by atoms with Crippen molar-refractivity contribution in [2.75, 3.05) is 37.6 Å². The van der Waals surface area contributed by atoms with Crippen LogP contribution in [0.2, 0.25) is 5.02 Å². The molecule has 0 aliphatic carbocycles. The molecule has 0 spiro atoms. The van der Waals surface area contributed by atoms with Crippen molar-refractivity contribution in [2.45, 2.75) is 26.7 Å². The smallest absolute Gasteiger partial charge is 0.191 e. The van der Waals surface area contributed by atoms with E-state index in [2.05, 4.69) is 32.1 Å². The molecule has 1 aliphatic heterocycles. The van der Waals surface area contributed by atoms with Crippen LogP contribution >= 0.6 is 35.6 Å². The minimum atomic E-state index is 0. The van der Waals surface area contributed by atoms with Crippen LogP contribution in [0.1, 0.15) is 23.4 Å². The Hall–Kier alpha value is -1.48. The van der Waals surface area contributed by atoms with Crippen LogP contribution in [0.5, 0.6) is 0 Å². The standard InChI is InChI=1S/C19H26ClN5O.HI/c1-14-18(15(2)26-23-14)4-3-9-22-19(21)25-12-10-24(11-13-25)17-7-5-16(20)6-8-17;/h5-8H,3-4,9-13H2,1-2H3,(H2,21,22);1H. The van der Waals surface area contributed by atoms with E-state index in [1.54, 1.807) is 0 Å². The first-order chi connectivity index (χ1) is 12.5. The fourth-order valence-electron chi connectivity index (χ4n) is 3.25. The van der Waals surface area contributed by atoms with Crippen LogP contribution in [0.4, 0.5) is 5.69 Å². The molecule has 1 aromatic carbocycles. The third-order valence-electron chi connectivity index (χ3n) is 4.84. The first kappa shape index (κ1) is 21.8. The van der Waals surface area contributed by atoms with Crippen molar-refractivity contribution in [1.29, 1.82) is 0 Å². The van der Waals surface area contributed by atoms with Gasteiger partial charge in [-0.2, -0.15) is 0 Å². The van der Waals surface area contributed by atoms with Crippen LogP contribution < -0.4 is 10.6 Å². The Morgan fingerprint density at radius 2 is 1.85 bits per heavy atom. The molecule has 148 valence electrons. The van der Waals surface area contributed by atoms with E-state index in [1.165, 1.54) is 11.3 Å². The van der Waals surface area contributed by atoms with Crippen molar-refractivity contribution < 1.29 is 4.52 Å². The van der Waals surface area contributed by atoms with E-state index in [4.69, 9.17) is 21.9 Å². The molecule has 0 radical (unpaired) electrons. The zero-order valence-electron chi connectivity index (χ0n) is 15.8. The molecule has 0 saturated carbocycles. The molecule has 1 aliphatic rings. The van der Waals surface area contributed by atoms with Gasteiger partial charge in [-0.05, 0) is 51.0 Å². The number of nitrogens with two attached hydrogens (primary N) is 1. The van der Waals surface area contributed by atoms with E-state index in [9.17, 15) is 0 Å². The Kier molecular flexibility index (Phi) is 8.22.